The summed E-state index contributed by atoms with van der Waals surface area (Å²) in [6.07, 6.45) is -0.437. The molecule has 5 rings (SSSR count). The summed E-state index contributed by atoms with van der Waals surface area (Å²) in [5.74, 6) is -0.656. The van der Waals surface area contributed by atoms with Crippen molar-refractivity contribution in [3.05, 3.63) is 108 Å². The van der Waals surface area contributed by atoms with E-state index in [4.69, 9.17) is 14.2 Å². The molecule has 0 bridgehead atoms. The zero-order valence-electron chi connectivity index (χ0n) is 18.6. The molecule has 2 fully saturated rings. The number of benzene rings is 3. The molecule has 3 aromatic carbocycles. The second-order valence-corrected chi connectivity index (χ2v) is 9.22. The van der Waals surface area contributed by atoms with Crippen LogP contribution in [-0.2, 0) is 19.8 Å². The quantitative estimate of drug-likeness (QED) is 0.566. The molecule has 1 aliphatic carbocycles. The van der Waals surface area contributed by atoms with Gasteiger partial charge in [-0.25, -0.2) is 0 Å². The third kappa shape index (κ3) is 3.78. The number of hydrogen-bond acceptors (Lipinski definition) is 4. The molecule has 4 heteroatoms. The third-order valence-corrected chi connectivity index (χ3v) is 6.61. The largest absolute Gasteiger partial charge is 0.390 e. The highest BCUT2D eigenvalue weighted by molar-refractivity contribution is 5.47. The molecule has 1 saturated carbocycles. The Hall–Kier alpha value is -2.50. The van der Waals surface area contributed by atoms with E-state index >= 15 is 0 Å². The maximum absolute atomic E-state index is 10.6. The normalized spacial score (nSPS) is 26.7. The predicted molar refractivity (Wildman–Crippen MR) is 123 cm³/mol. The Morgan fingerprint density at radius 2 is 1.22 bits per heavy atom. The van der Waals surface area contributed by atoms with Crippen molar-refractivity contribution in [1.82, 2.24) is 0 Å². The molecular formula is C28H30O4. The molecule has 166 valence electrons. The lowest BCUT2D eigenvalue weighted by atomic mass is 9.80. The predicted octanol–water partition coefficient (Wildman–Crippen LogP) is 4.90. The van der Waals surface area contributed by atoms with E-state index in [0.29, 0.717) is 13.0 Å². The highest BCUT2D eigenvalue weighted by atomic mass is 16.8. The van der Waals surface area contributed by atoms with Crippen LogP contribution in [0.25, 0.3) is 0 Å². The van der Waals surface area contributed by atoms with Gasteiger partial charge in [0, 0.05) is 5.92 Å². The van der Waals surface area contributed by atoms with E-state index in [9.17, 15) is 5.11 Å². The molecular weight excluding hydrogens is 400 g/mol. The van der Waals surface area contributed by atoms with Crippen molar-refractivity contribution in [2.24, 2.45) is 5.92 Å². The van der Waals surface area contributed by atoms with Crippen molar-refractivity contribution in [2.75, 3.05) is 6.61 Å². The van der Waals surface area contributed by atoms with E-state index in [1.807, 2.05) is 68.4 Å². The molecule has 0 amide bonds. The van der Waals surface area contributed by atoms with Crippen LogP contribution in [0.4, 0.5) is 0 Å². The van der Waals surface area contributed by atoms with Crippen LogP contribution in [0.15, 0.2) is 91.0 Å². The first-order valence-electron chi connectivity index (χ1n) is 11.3. The van der Waals surface area contributed by atoms with Crippen LogP contribution in [0.1, 0.15) is 37.0 Å². The lowest BCUT2D eigenvalue weighted by Crippen LogP contribution is -2.37. The van der Waals surface area contributed by atoms with Crippen LogP contribution in [-0.4, -0.2) is 35.8 Å². The van der Waals surface area contributed by atoms with Crippen LogP contribution in [0.5, 0.6) is 0 Å². The number of hydrogen-bond donors (Lipinski definition) is 1. The van der Waals surface area contributed by atoms with Crippen molar-refractivity contribution in [3.8, 4) is 0 Å². The van der Waals surface area contributed by atoms with E-state index in [2.05, 4.69) is 36.4 Å². The smallest absolute Gasteiger partial charge is 0.163 e. The Bertz CT molecular complexity index is 922. The number of aliphatic hydroxyl groups is 1. The number of fused-ring (bicyclic) bond motifs is 1. The van der Waals surface area contributed by atoms with Crippen LogP contribution in [0.3, 0.4) is 0 Å². The first kappa shape index (κ1) is 21.4. The number of aliphatic hydroxyl groups excluding tert-OH is 1. The standard InChI is InChI=1S/C28H30O4/c1-27(2)31-25-20(18-24(29)26(25)32-27)19-30-28(21-12-6-3-7-13-21,22-14-8-4-9-15-22)23-16-10-5-11-17-23/h3-17,20,24-26,29H,18-19H2,1-2H3/t20-,24-,25+,26-/m1/s1. The molecule has 1 aliphatic heterocycles. The van der Waals surface area contributed by atoms with Gasteiger partial charge in [-0.1, -0.05) is 91.0 Å². The SMILES string of the molecule is CC1(C)O[C@H]2[C@@H](COC(c3ccccc3)(c3ccccc3)c3ccccc3)C[C@@H](O)[C@H]2O1. The third-order valence-electron chi connectivity index (χ3n) is 6.61. The monoisotopic (exact) mass is 430 g/mol. The molecule has 1 heterocycles. The molecule has 4 atom stereocenters. The van der Waals surface area contributed by atoms with Gasteiger partial charge < -0.3 is 19.3 Å². The summed E-state index contributed by atoms with van der Waals surface area (Å²) in [6, 6.07) is 31.0. The van der Waals surface area contributed by atoms with Crippen molar-refractivity contribution >= 4 is 0 Å². The van der Waals surface area contributed by atoms with Crippen LogP contribution in [0, 0.1) is 5.92 Å². The molecule has 0 radical (unpaired) electrons. The summed E-state index contributed by atoms with van der Waals surface area (Å²) in [7, 11) is 0. The second-order valence-electron chi connectivity index (χ2n) is 9.22. The van der Waals surface area contributed by atoms with Crippen molar-refractivity contribution in [3.63, 3.8) is 0 Å². The fourth-order valence-electron chi connectivity index (χ4n) is 5.22. The fraction of sp³-hybridized carbons (Fsp3) is 0.357. The van der Waals surface area contributed by atoms with E-state index in [1.165, 1.54) is 0 Å². The minimum absolute atomic E-state index is 0.0345. The first-order valence-corrected chi connectivity index (χ1v) is 11.3. The highest BCUT2D eigenvalue weighted by Gasteiger charge is 2.54. The van der Waals surface area contributed by atoms with Crippen LogP contribution >= 0.6 is 0 Å². The molecule has 2 aliphatic rings. The zero-order valence-corrected chi connectivity index (χ0v) is 18.6. The minimum Gasteiger partial charge on any atom is -0.390 e. The van der Waals surface area contributed by atoms with Gasteiger partial charge in [-0.05, 0) is 37.0 Å². The van der Waals surface area contributed by atoms with E-state index in [0.717, 1.165) is 16.7 Å². The fourth-order valence-corrected chi connectivity index (χ4v) is 5.22. The average Bonchev–Trinajstić information content (AvgIpc) is 3.29. The molecule has 1 saturated heterocycles. The van der Waals surface area contributed by atoms with Gasteiger partial charge in [-0.3, -0.25) is 0 Å². The van der Waals surface area contributed by atoms with Gasteiger partial charge in [0.25, 0.3) is 0 Å². The topological polar surface area (TPSA) is 47.9 Å². The Morgan fingerprint density at radius 1 is 0.781 bits per heavy atom. The molecule has 0 aromatic heterocycles. The van der Waals surface area contributed by atoms with Gasteiger partial charge in [0.2, 0.25) is 0 Å². The zero-order chi connectivity index (χ0) is 22.2. The van der Waals surface area contributed by atoms with Gasteiger partial charge in [0.1, 0.15) is 11.7 Å². The van der Waals surface area contributed by atoms with E-state index < -0.39 is 17.5 Å². The lowest BCUT2D eigenvalue weighted by Gasteiger charge is -2.37. The average molecular weight is 431 g/mol. The molecule has 4 nitrogen and oxygen atoms in total. The maximum atomic E-state index is 10.6. The number of ether oxygens (including phenoxy) is 3. The van der Waals surface area contributed by atoms with Gasteiger partial charge in [0.15, 0.2) is 5.79 Å². The summed E-state index contributed by atoms with van der Waals surface area (Å²) < 4.78 is 19.1. The molecule has 0 spiro atoms. The maximum Gasteiger partial charge on any atom is 0.163 e. The Morgan fingerprint density at radius 3 is 1.69 bits per heavy atom. The van der Waals surface area contributed by atoms with Gasteiger partial charge in [-0.15, -0.1) is 0 Å². The summed E-state index contributed by atoms with van der Waals surface area (Å²) in [5.41, 5.74) is 2.42. The van der Waals surface area contributed by atoms with Gasteiger partial charge >= 0.3 is 0 Å². The summed E-state index contributed by atoms with van der Waals surface area (Å²) in [4.78, 5) is 0. The molecule has 32 heavy (non-hydrogen) atoms. The van der Waals surface area contributed by atoms with E-state index in [-0.39, 0.29) is 18.1 Å². The second kappa shape index (κ2) is 8.45. The minimum atomic E-state index is -0.776. The molecule has 3 aromatic rings. The summed E-state index contributed by atoms with van der Waals surface area (Å²) in [6.45, 7) is 4.24. The van der Waals surface area contributed by atoms with Crippen LogP contribution < -0.4 is 0 Å². The lowest BCUT2D eigenvalue weighted by molar-refractivity contribution is -0.170. The summed E-state index contributed by atoms with van der Waals surface area (Å²) in [5, 5.41) is 10.6. The first-order chi connectivity index (χ1) is 15.5. The van der Waals surface area contributed by atoms with Crippen molar-refractivity contribution in [2.45, 2.75) is 50.0 Å². The highest BCUT2D eigenvalue weighted by Crippen LogP contribution is 2.45. The van der Waals surface area contributed by atoms with Gasteiger partial charge in [0.05, 0.1) is 18.8 Å². The Balaban J connectivity index is 1.55. The Labute approximate surface area is 189 Å². The molecule has 1 N–H and O–H groups in total. The van der Waals surface area contributed by atoms with Crippen molar-refractivity contribution < 1.29 is 19.3 Å². The van der Waals surface area contributed by atoms with Crippen LogP contribution in [0.2, 0.25) is 0 Å². The summed E-state index contributed by atoms with van der Waals surface area (Å²) >= 11 is 0. The van der Waals surface area contributed by atoms with E-state index in [1.54, 1.807) is 0 Å². The van der Waals surface area contributed by atoms with Crippen molar-refractivity contribution in [1.29, 1.82) is 0 Å². The molecule has 0 unspecified atom stereocenters. The van der Waals surface area contributed by atoms with Gasteiger partial charge in [-0.2, -0.15) is 0 Å². The Kier molecular flexibility index (Phi) is 5.64. The number of rotatable bonds is 6.